The molecule has 1 heterocycles. The van der Waals surface area contributed by atoms with Crippen molar-refractivity contribution in [3.05, 3.63) is 34.2 Å². The lowest BCUT2D eigenvalue weighted by atomic mass is 10.0. The van der Waals surface area contributed by atoms with Gasteiger partial charge >= 0.3 is 0 Å². The molecule has 0 spiro atoms. The fourth-order valence-corrected chi connectivity index (χ4v) is 3.11. The molecule has 0 unspecified atom stereocenters. The van der Waals surface area contributed by atoms with Crippen molar-refractivity contribution in [2.45, 2.75) is 34.2 Å². The summed E-state index contributed by atoms with van der Waals surface area (Å²) >= 11 is 6.11. The molecule has 0 bridgehead atoms. The highest BCUT2D eigenvalue weighted by Crippen LogP contribution is 2.68. The van der Waals surface area contributed by atoms with Crippen molar-refractivity contribution in [1.82, 2.24) is 9.78 Å². The molecule has 1 aromatic rings. The molecule has 1 fully saturated rings. The minimum Gasteiger partial charge on any atom is -0.382 e. The predicted octanol–water partition coefficient (Wildman–Crippen LogP) is 3.18. The molecule has 0 aliphatic heterocycles. The summed E-state index contributed by atoms with van der Waals surface area (Å²) in [6.45, 7) is 13.8. The van der Waals surface area contributed by atoms with Crippen LogP contribution < -0.4 is 10.9 Å². The predicted molar refractivity (Wildman–Crippen MR) is 83.2 cm³/mol. The summed E-state index contributed by atoms with van der Waals surface area (Å²) < 4.78 is 1.30. The first kappa shape index (κ1) is 15.1. The second-order valence-electron chi connectivity index (χ2n) is 6.53. The van der Waals surface area contributed by atoms with E-state index >= 15 is 0 Å². The third-order valence-electron chi connectivity index (χ3n) is 5.10. The van der Waals surface area contributed by atoms with Gasteiger partial charge in [0.25, 0.3) is 5.56 Å². The fourth-order valence-electron chi connectivity index (χ4n) is 2.90. The van der Waals surface area contributed by atoms with E-state index in [1.54, 1.807) is 12.3 Å². The van der Waals surface area contributed by atoms with Crippen molar-refractivity contribution in [2.24, 2.45) is 16.7 Å². The Hall–Kier alpha value is -1.29. The average Bonchev–Trinajstić information content (AvgIpc) is 2.76. The number of halogens is 1. The van der Waals surface area contributed by atoms with Crippen LogP contribution in [0, 0.1) is 16.7 Å². The Morgan fingerprint density at radius 2 is 2.05 bits per heavy atom. The lowest BCUT2D eigenvalue weighted by Crippen LogP contribution is -2.24. The molecule has 1 aliphatic carbocycles. The first-order chi connectivity index (χ1) is 9.23. The van der Waals surface area contributed by atoms with Gasteiger partial charge in [-0.3, -0.25) is 4.79 Å². The normalized spacial score (nSPS) is 19.6. The SMILES string of the molecule is C=CCn1ncc(NCC2C(C)(C)C2(C)C)c(Cl)c1=O. The smallest absolute Gasteiger partial charge is 0.287 e. The largest absolute Gasteiger partial charge is 0.382 e. The van der Waals surface area contributed by atoms with E-state index in [1.165, 1.54) is 4.68 Å². The van der Waals surface area contributed by atoms with Gasteiger partial charge in [0.15, 0.2) is 0 Å². The van der Waals surface area contributed by atoms with Crippen LogP contribution in [-0.2, 0) is 6.54 Å². The van der Waals surface area contributed by atoms with Gasteiger partial charge in [-0.25, -0.2) is 4.68 Å². The third kappa shape index (κ3) is 2.26. The highest BCUT2D eigenvalue weighted by molar-refractivity contribution is 6.32. The molecule has 2 rings (SSSR count). The summed E-state index contributed by atoms with van der Waals surface area (Å²) in [6.07, 6.45) is 3.22. The van der Waals surface area contributed by atoms with Crippen LogP contribution in [-0.4, -0.2) is 16.3 Å². The lowest BCUT2D eigenvalue weighted by Gasteiger charge is -2.10. The van der Waals surface area contributed by atoms with Gasteiger partial charge in [-0.2, -0.15) is 5.10 Å². The van der Waals surface area contributed by atoms with Gasteiger partial charge in [-0.15, -0.1) is 6.58 Å². The van der Waals surface area contributed by atoms with Gasteiger partial charge < -0.3 is 5.32 Å². The Bertz CT molecular complexity index is 575. The minimum absolute atomic E-state index is 0.193. The molecule has 4 nitrogen and oxygen atoms in total. The summed E-state index contributed by atoms with van der Waals surface area (Å²) in [4.78, 5) is 12.0. The highest BCUT2D eigenvalue weighted by atomic mass is 35.5. The number of hydrogen-bond donors (Lipinski definition) is 1. The Morgan fingerprint density at radius 1 is 1.45 bits per heavy atom. The van der Waals surface area contributed by atoms with E-state index in [2.05, 4.69) is 44.7 Å². The van der Waals surface area contributed by atoms with E-state index in [9.17, 15) is 4.79 Å². The average molecular weight is 296 g/mol. The van der Waals surface area contributed by atoms with Crippen LogP contribution in [0.4, 0.5) is 5.69 Å². The van der Waals surface area contributed by atoms with E-state index in [4.69, 9.17) is 11.6 Å². The summed E-state index contributed by atoms with van der Waals surface area (Å²) in [6, 6.07) is 0. The lowest BCUT2D eigenvalue weighted by molar-refractivity contribution is 0.457. The molecular weight excluding hydrogens is 274 g/mol. The van der Waals surface area contributed by atoms with E-state index in [1.807, 2.05) is 0 Å². The van der Waals surface area contributed by atoms with Crippen LogP contribution in [0.5, 0.6) is 0 Å². The van der Waals surface area contributed by atoms with Gasteiger partial charge in [-0.1, -0.05) is 45.4 Å². The first-order valence-corrected chi connectivity index (χ1v) is 7.21. The molecule has 1 saturated carbocycles. The minimum atomic E-state index is -0.286. The number of nitrogens with one attached hydrogen (secondary N) is 1. The maximum absolute atomic E-state index is 12.0. The van der Waals surface area contributed by atoms with Gasteiger partial charge in [0.05, 0.1) is 18.4 Å². The molecule has 110 valence electrons. The van der Waals surface area contributed by atoms with Gasteiger partial charge in [0, 0.05) is 6.54 Å². The van der Waals surface area contributed by atoms with Crippen LogP contribution in [0.25, 0.3) is 0 Å². The maximum Gasteiger partial charge on any atom is 0.287 e. The van der Waals surface area contributed by atoms with E-state index in [0.29, 0.717) is 29.0 Å². The zero-order valence-corrected chi connectivity index (χ0v) is 13.3. The molecule has 0 amide bonds. The quantitative estimate of drug-likeness (QED) is 0.849. The number of allylic oxidation sites excluding steroid dienone is 1. The van der Waals surface area contributed by atoms with E-state index < -0.39 is 0 Å². The van der Waals surface area contributed by atoms with Crippen LogP contribution >= 0.6 is 11.6 Å². The Labute approximate surface area is 124 Å². The molecule has 0 saturated heterocycles. The Kier molecular flexibility index (Phi) is 3.71. The van der Waals surface area contributed by atoms with Gasteiger partial charge in [0.1, 0.15) is 5.02 Å². The molecule has 0 radical (unpaired) electrons. The van der Waals surface area contributed by atoms with E-state index in [0.717, 1.165) is 6.54 Å². The summed E-state index contributed by atoms with van der Waals surface area (Å²) in [5.41, 5.74) is 0.927. The standard InChI is InChI=1S/C15H22ClN3O/c1-6-7-19-13(20)12(16)10(8-18-19)17-9-11-14(2,3)15(11,4)5/h6,8,11,17H,1,7,9H2,2-5H3. The molecule has 0 aromatic carbocycles. The Balaban J connectivity index is 2.11. The van der Waals surface area contributed by atoms with Gasteiger partial charge in [-0.05, 0) is 16.7 Å². The third-order valence-corrected chi connectivity index (χ3v) is 5.47. The first-order valence-electron chi connectivity index (χ1n) is 6.84. The van der Waals surface area contributed by atoms with Crippen molar-refractivity contribution >= 4 is 17.3 Å². The van der Waals surface area contributed by atoms with E-state index in [-0.39, 0.29) is 10.6 Å². The summed E-state index contributed by atoms with van der Waals surface area (Å²) in [5.74, 6) is 0.557. The molecule has 5 heteroatoms. The number of rotatable bonds is 5. The molecular formula is C15H22ClN3O. The summed E-state index contributed by atoms with van der Waals surface area (Å²) in [7, 11) is 0. The van der Waals surface area contributed by atoms with Crippen molar-refractivity contribution < 1.29 is 0 Å². The van der Waals surface area contributed by atoms with Crippen molar-refractivity contribution in [2.75, 3.05) is 11.9 Å². The van der Waals surface area contributed by atoms with Gasteiger partial charge in [0.2, 0.25) is 0 Å². The molecule has 0 atom stereocenters. The summed E-state index contributed by atoms with van der Waals surface area (Å²) in [5, 5.41) is 7.54. The monoisotopic (exact) mass is 295 g/mol. The zero-order chi connectivity index (χ0) is 15.1. The van der Waals surface area contributed by atoms with Crippen molar-refractivity contribution in [1.29, 1.82) is 0 Å². The number of hydrogen-bond acceptors (Lipinski definition) is 3. The molecule has 1 aliphatic rings. The number of nitrogens with zero attached hydrogens (tertiary/aromatic N) is 2. The fraction of sp³-hybridized carbons (Fsp3) is 0.600. The number of aromatic nitrogens is 2. The van der Waals surface area contributed by atoms with Crippen LogP contribution in [0.3, 0.4) is 0 Å². The molecule has 1 aromatic heterocycles. The topological polar surface area (TPSA) is 46.9 Å². The van der Waals surface area contributed by atoms with Crippen molar-refractivity contribution in [3.63, 3.8) is 0 Å². The Morgan fingerprint density at radius 3 is 2.55 bits per heavy atom. The zero-order valence-electron chi connectivity index (χ0n) is 12.5. The molecule has 1 N–H and O–H groups in total. The second-order valence-corrected chi connectivity index (χ2v) is 6.90. The maximum atomic E-state index is 12.0. The molecule has 20 heavy (non-hydrogen) atoms. The van der Waals surface area contributed by atoms with Crippen LogP contribution in [0.1, 0.15) is 27.7 Å². The van der Waals surface area contributed by atoms with Crippen molar-refractivity contribution in [3.8, 4) is 0 Å². The van der Waals surface area contributed by atoms with Crippen LogP contribution in [0.2, 0.25) is 5.02 Å². The van der Waals surface area contributed by atoms with Crippen LogP contribution in [0.15, 0.2) is 23.6 Å². The second kappa shape index (κ2) is 4.92. The highest BCUT2D eigenvalue weighted by Gasteiger charge is 2.64. The number of anilines is 1.